The fourth-order valence-electron chi connectivity index (χ4n) is 4.82. The van der Waals surface area contributed by atoms with Crippen LogP contribution in [-0.4, -0.2) is 44.8 Å². The lowest BCUT2D eigenvalue weighted by Crippen LogP contribution is -2.02. The second kappa shape index (κ2) is 18.6. The monoisotopic (exact) mass is 710 g/mol. The van der Waals surface area contributed by atoms with Crippen LogP contribution in [0.2, 0.25) is 0 Å². The summed E-state index contributed by atoms with van der Waals surface area (Å²) in [5, 5.41) is 15.6. The van der Waals surface area contributed by atoms with Gasteiger partial charge in [0.2, 0.25) is 0 Å². The summed E-state index contributed by atoms with van der Waals surface area (Å²) in [6.45, 7) is 1.93. The van der Waals surface area contributed by atoms with E-state index < -0.39 is 5.97 Å². The summed E-state index contributed by atoms with van der Waals surface area (Å²) >= 11 is 3.44. The molecule has 0 spiro atoms. The van der Waals surface area contributed by atoms with Crippen LogP contribution < -0.4 is 14.2 Å². The highest BCUT2D eigenvalue weighted by atomic mass is 79.9. The third-order valence-corrected chi connectivity index (χ3v) is 7.83. The van der Waals surface area contributed by atoms with Crippen molar-refractivity contribution in [3.8, 4) is 17.2 Å². The van der Waals surface area contributed by atoms with Crippen LogP contribution in [0.3, 0.4) is 0 Å². The largest absolute Gasteiger partial charge is 0.497 e. The van der Waals surface area contributed by atoms with Gasteiger partial charge >= 0.3 is 12.1 Å². The minimum Gasteiger partial charge on any atom is -0.497 e. The number of carbonyl (C=O) groups excluding carboxylic acids is 3. The molecular weight excluding hydrogens is 676 g/mol. The van der Waals surface area contributed by atoms with Gasteiger partial charge in [-0.2, -0.15) is 9.59 Å². The zero-order valence-corrected chi connectivity index (χ0v) is 28.5. The first kappa shape index (κ1) is 37.0. The van der Waals surface area contributed by atoms with Gasteiger partial charge in [0.15, 0.2) is 0 Å². The summed E-state index contributed by atoms with van der Waals surface area (Å²) in [6.07, 6.45) is 1.26. The van der Waals surface area contributed by atoms with Crippen molar-refractivity contribution in [2.75, 3.05) is 21.3 Å². The number of carboxylic acids is 1. The van der Waals surface area contributed by atoms with Gasteiger partial charge in [0.05, 0.1) is 27.8 Å². The van der Waals surface area contributed by atoms with Crippen LogP contribution in [0.25, 0.3) is 32.3 Å². The first-order valence-electron chi connectivity index (χ1n) is 14.7. The summed E-state index contributed by atoms with van der Waals surface area (Å²) in [4.78, 5) is 37.5. The maximum Gasteiger partial charge on any atom is 0.373 e. The molecule has 0 saturated carbocycles. The van der Waals surface area contributed by atoms with Gasteiger partial charge < -0.3 is 19.3 Å². The molecule has 6 rings (SSSR count). The number of aliphatic carboxylic acids is 1. The Labute approximate surface area is 287 Å². The van der Waals surface area contributed by atoms with Gasteiger partial charge in [-0.3, -0.25) is 9.59 Å². The quantitative estimate of drug-likeness (QED) is 0.163. The smallest absolute Gasteiger partial charge is 0.373 e. The summed E-state index contributed by atoms with van der Waals surface area (Å²) in [7, 11) is 4.96. The van der Waals surface area contributed by atoms with E-state index in [1.807, 2.05) is 91.9 Å². The highest BCUT2D eigenvalue weighted by Crippen LogP contribution is 2.27. The fraction of sp³-hybridized carbons (Fsp3) is 0.154. The number of benzene rings is 6. The fourth-order valence-corrected chi connectivity index (χ4v) is 5.20. The number of hydrogen-bond donors (Lipinski definition) is 1. The Morgan fingerprint density at radius 3 is 1.52 bits per heavy atom. The number of methoxy groups -OCH3 is 3. The summed E-state index contributed by atoms with van der Waals surface area (Å²) in [5.41, 5.74) is 1.75. The molecule has 0 aliphatic rings. The van der Waals surface area contributed by atoms with Crippen molar-refractivity contribution < 1.29 is 38.5 Å². The van der Waals surface area contributed by atoms with E-state index in [1.54, 1.807) is 27.4 Å². The Balaban J connectivity index is 0.000000190. The third kappa shape index (κ3) is 10.8. The number of ether oxygens (including phenoxy) is 3. The molecule has 6 aromatic rings. The predicted octanol–water partition coefficient (Wildman–Crippen LogP) is 9.11. The zero-order chi connectivity index (χ0) is 35.1. The van der Waals surface area contributed by atoms with E-state index in [1.165, 1.54) is 10.8 Å². The summed E-state index contributed by atoms with van der Waals surface area (Å²) in [6, 6.07) is 35.5. The zero-order valence-electron chi connectivity index (χ0n) is 26.9. The van der Waals surface area contributed by atoms with E-state index in [0.29, 0.717) is 5.56 Å². The molecule has 1 unspecified atom stereocenters. The molecule has 246 valence electrons. The standard InChI is InChI=1S/C15H16O3.C12H10O2.C11H9BrO.CO2/c1-10(7-15(16)17)11-3-4-13-9-14(18-2)6-5-12(13)8-11;1-14-12-5-4-10-6-9(8-13)2-3-11(10)7-12;1-13-11-5-3-8-6-10(12)4-2-9(8)7-11;2-1-3/h3-6,8-10H,7H2,1-2H3,(H,16,17);2-8H,1H3;2-7H,1H3;. The van der Waals surface area contributed by atoms with E-state index >= 15 is 0 Å². The normalized spacial score (nSPS) is 10.5. The van der Waals surface area contributed by atoms with Crippen LogP contribution in [0.1, 0.15) is 35.2 Å². The van der Waals surface area contributed by atoms with Crippen LogP contribution >= 0.6 is 15.9 Å². The molecule has 0 heterocycles. The number of carboxylic acid groups (broad SMARTS) is 1. The van der Waals surface area contributed by atoms with Gasteiger partial charge in [-0.05, 0) is 98.4 Å². The SMILES string of the molecule is COc1ccc2cc(Br)ccc2c1.COc1ccc2cc(C(C)CC(=O)O)ccc2c1.COc1ccc2cc(C=O)ccc2c1.O=C=O. The molecule has 0 fully saturated rings. The number of rotatable bonds is 7. The molecule has 0 saturated heterocycles. The molecule has 6 aromatic carbocycles. The number of fused-ring (bicyclic) bond motifs is 3. The Morgan fingerprint density at radius 1 is 0.667 bits per heavy atom. The van der Waals surface area contributed by atoms with Crippen molar-refractivity contribution in [2.45, 2.75) is 19.3 Å². The van der Waals surface area contributed by atoms with E-state index in [-0.39, 0.29) is 18.5 Å². The van der Waals surface area contributed by atoms with Crippen LogP contribution in [0.4, 0.5) is 0 Å². The van der Waals surface area contributed by atoms with Gasteiger partial charge in [0.25, 0.3) is 0 Å². The second-order valence-corrected chi connectivity index (χ2v) is 11.4. The topological polar surface area (TPSA) is 116 Å². The van der Waals surface area contributed by atoms with Crippen molar-refractivity contribution in [2.24, 2.45) is 0 Å². The van der Waals surface area contributed by atoms with Crippen molar-refractivity contribution in [3.05, 3.63) is 125 Å². The van der Waals surface area contributed by atoms with Gasteiger partial charge in [0, 0.05) is 10.0 Å². The van der Waals surface area contributed by atoms with Gasteiger partial charge in [0.1, 0.15) is 23.5 Å². The Hall–Kier alpha value is -5.50. The maximum atomic E-state index is 10.7. The Kier molecular flexibility index (Phi) is 14.3. The van der Waals surface area contributed by atoms with E-state index in [9.17, 15) is 9.59 Å². The van der Waals surface area contributed by atoms with E-state index in [2.05, 4.69) is 34.1 Å². The first-order chi connectivity index (χ1) is 23.1. The van der Waals surface area contributed by atoms with Crippen LogP contribution in [0.15, 0.2) is 114 Å². The van der Waals surface area contributed by atoms with Crippen LogP contribution in [0.5, 0.6) is 17.2 Å². The lowest BCUT2D eigenvalue weighted by Gasteiger charge is -2.10. The lowest BCUT2D eigenvalue weighted by molar-refractivity contribution is -0.191. The lowest BCUT2D eigenvalue weighted by atomic mass is 9.95. The first-order valence-corrected chi connectivity index (χ1v) is 15.5. The van der Waals surface area contributed by atoms with Crippen molar-refractivity contribution >= 4 is 66.7 Å². The molecule has 9 heteroatoms. The van der Waals surface area contributed by atoms with Crippen molar-refractivity contribution in [1.29, 1.82) is 0 Å². The van der Waals surface area contributed by atoms with Crippen molar-refractivity contribution in [1.82, 2.24) is 0 Å². The average molecular weight is 712 g/mol. The minimum absolute atomic E-state index is 0.0222. The van der Waals surface area contributed by atoms with Crippen LogP contribution in [-0.2, 0) is 14.4 Å². The summed E-state index contributed by atoms with van der Waals surface area (Å²) in [5.74, 6) is 1.81. The van der Waals surface area contributed by atoms with Gasteiger partial charge in [-0.1, -0.05) is 77.5 Å². The predicted molar refractivity (Wildman–Crippen MR) is 190 cm³/mol. The van der Waals surface area contributed by atoms with Crippen molar-refractivity contribution in [3.63, 3.8) is 0 Å². The number of halogens is 1. The molecule has 0 amide bonds. The van der Waals surface area contributed by atoms with Gasteiger partial charge in [-0.25, -0.2) is 0 Å². The van der Waals surface area contributed by atoms with Gasteiger partial charge in [-0.15, -0.1) is 0 Å². The van der Waals surface area contributed by atoms with E-state index in [4.69, 9.17) is 28.9 Å². The molecule has 8 nitrogen and oxygen atoms in total. The maximum absolute atomic E-state index is 10.7. The third-order valence-electron chi connectivity index (χ3n) is 7.34. The number of aldehydes is 1. The highest BCUT2D eigenvalue weighted by Gasteiger charge is 2.10. The van der Waals surface area contributed by atoms with E-state index in [0.717, 1.165) is 55.1 Å². The number of carbonyl (C=O) groups is 2. The molecule has 1 N–H and O–H groups in total. The molecule has 0 radical (unpaired) electrons. The molecule has 48 heavy (non-hydrogen) atoms. The molecule has 0 bridgehead atoms. The Bertz CT molecular complexity index is 2030. The Morgan fingerprint density at radius 2 is 1.06 bits per heavy atom. The molecule has 0 aromatic heterocycles. The summed E-state index contributed by atoms with van der Waals surface area (Å²) < 4.78 is 16.5. The molecule has 0 aliphatic heterocycles. The molecular formula is C39H35BrO8. The minimum atomic E-state index is -0.766. The average Bonchev–Trinajstić information content (AvgIpc) is 3.11. The second-order valence-electron chi connectivity index (χ2n) is 10.5. The molecule has 0 aliphatic carbocycles. The molecule has 1 atom stereocenters. The highest BCUT2D eigenvalue weighted by molar-refractivity contribution is 9.10. The van der Waals surface area contributed by atoms with Crippen LogP contribution in [0, 0.1) is 0 Å². The number of hydrogen-bond acceptors (Lipinski definition) is 7.